The highest BCUT2D eigenvalue weighted by atomic mass is 16.6. The molecule has 9 heteroatoms. The molecule has 19 atom stereocenters. The van der Waals surface area contributed by atoms with E-state index in [0.29, 0.717) is 53.5 Å². The summed E-state index contributed by atoms with van der Waals surface area (Å²) in [5, 5.41) is 0. The summed E-state index contributed by atoms with van der Waals surface area (Å²) >= 11 is 0. The van der Waals surface area contributed by atoms with Gasteiger partial charge in [0.1, 0.15) is 42.0 Å². The molecule has 0 radical (unpaired) electrons. The Morgan fingerprint density at radius 3 is 1.06 bits per heavy atom. The van der Waals surface area contributed by atoms with Crippen LogP contribution in [-0.4, -0.2) is 53.7 Å². The zero-order valence-electron chi connectivity index (χ0n) is 45.6. The number of fused-ring (bicyclic) bond motifs is 5. The first-order valence-corrected chi connectivity index (χ1v) is 27.4. The van der Waals surface area contributed by atoms with E-state index in [9.17, 15) is 9.59 Å². The van der Waals surface area contributed by atoms with Crippen LogP contribution in [0.3, 0.4) is 0 Å². The average Bonchev–Trinajstić information content (AvgIpc) is 3.93. The molecule has 0 N–H and O–H groups in total. The van der Waals surface area contributed by atoms with Crippen LogP contribution in [0.15, 0.2) is 61.7 Å². The minimum atomic E-state index is -0.614. The molecule has 0 unspecified atom stereocenters. The van der Waals surface area contributed by atoms with Crippen LogP contribution in [0.4, 0.5) is 0 Å². The zero-order chi connectivity index (χ0) is 50.9. The van der Waals surface area contributed by atoms with Crippen LogP contribution in [0.1, 0.15) is 194 Å². The summed E-state index contributed by atoms with van der Waals surface area (Å²) in [6.45, 7) is 47.0. The summed E-state index contributed by atoms with van der Waals surface area (Å²) in [4.78, 5) is 22.3. The molecule has 0 aromatic rings. The average molecular weight is 977 g/mol. The van der Waals surface area contributed by atoms with Crippen LogP contribution in [0.2, 0.25) is 0 Å². The highest BCUT2D eigenvalue weighted by Gasteiger charge is 2.56. The molecule has 0 bridgehead atoms. The minimum absolute atomic E-state index is 0. The van der Waals surface area contributed by atoms with Gasteiger partial charge in [-0.15, -0.1) is 0 Å². The van der Waals surface area contributed by atoms with Crippen LogP contribution in [-0.2, 0) is 42.7 Å². The number of hydrogen-bond acceptors (Lipinski definition) is 9. The van der Waals surface area contributed by atoms with Crippen molar-refractivity contribution in [1.82, 2.24) is 0 Å². The number of carbonyl (C=O) groups is 2. The van der Waals surface area contributed by atoms with Crippen molar-refractivity contribution in [3.63, 3.8) is 0 Å². The quantitative estimate of drug-likeness (QED) is 0.251. The zero-order valence-corrected chi connectivity index (χ0v) is 45.6. The molecule has 9 nitrogen and oxygen atoms in total. The second kappa shape index (κ2) is 23.2. The van der Waals surface area contributed by atoms with E-state index in [1.807, 2.05) is 13.8 Å². The molecule has 398 valence electrons. The largest absolute Gasteiger partial charge is 0.495 e. The van der Waals surface area contributed by atoms with Gasteiger partial charge >= 0.3 is 11.9 Å². The predicted octanol–water partition coefficient (Wildman–Crippen LogP) is 15.3. The molecule has 5 heterocycles. The fourth-order valence-electron chi connectivity index (χ4n) is 14.1. The maximum atomic E-state index is 11.2. The van der Waals surface area contributed by atoms with E-state index in [1.165, 1.54) is 84.5 Å². The van der Waals surface area contributed by atoms with Crippen LogP contribution < -0.4 is 0 Å². The molecule has 10 rings (SSSR count). The lowest BCUT2D eigenvalue weighted by Gasteiger charge is -2.34. The first-order chi connectivity index (χ1) is 32.2. The molecule has 0 aromatic heterocycles. The lowest BCUT2D eigenvalue weighted by Crippen LogP contribution is -2.41. The molecule has 70 heavy (non-hydrogen) atoms. The van der Waals surface area contributed by atoms with Crippen molar-refractivity contribution >= 4 is 11.9 Å². The van der Waals surface area contributed by atoms with Gasteiger partial charge in [-0.05, 0) is 108 Å². The minimum Gasteiger partial charge on any atom is -0.495 e. The molecule has 0 spiro atoms. The number of allylic oxidation sites excluding steroid dienone is 3. The number of hydrogen-bond donors (Lipinski definition) is 0. The third-order valence-corrected chi connectivity index (χ3v) is 19.0. The standard InChI is InChI=1S/2C13H20O3.C12H20O.2C11H18O.CH4/c2*1-8-5-6-11-12(7-8)15-9(2)13(11,4)16-10(3)14;1-8-5-6-10-11(7-8)13-9(2)12(10,3)4;2*1-7-4-5-10-8(2)9(3)12-11(10)6-7;/h2*8,11-12H,2,5-7H2,1,3-4H3;8,10-11H,2,5-7H2,1,3-4H3;2*7-8,10-11H,3-6H2,1-2H3;1H4/t8-,11-,12-,13+;8-,11-,12-,13-;8-,10-,11-;7-,8+,10+,11+;7-,8-,10+,11+;/m11111./s1. The summed E-state index contributed by atoms with van der Waals surface area (Å²) in [7, 11) is 0. The summed E-state index contributed by atoms with van der Waals surface area (Å²) < 4.78 is 39.8. The second-order valence-electron chi connectivity index (χ2n) is 24.9. The predicted molar refractivity (Wildman–Crippen MR) is 282 cm³/mol. The third kappa shape index (κ3) is 12.7. The lowest BCUT2D eigenvalue weighted by molar-refractivity contribution is -0.157. The Morgan fingerprint density at radius 2 is 0.714 bits per heavy atom. The molecule has 0 amide bonds. The van der Waals surface area contributed by atoms with Gasteiger partial charge in [0.05, 0.1) is 17.3 Å². The summed E-state index contributed by atoms with van der Waals surface area (Å²) in [5.41, 5.74) is -1.02. The maximum Gasteiger partial charge on any atom is 0.303 e. The van der Waals surface area contributed by atoms with Gasteiger partial charge in [-0.3, -0.25) is 9.59 Å². The number of ether oxygens (including phenoxy) is 7. The fraction of sp³-hybridized carbons (Fsp3) is 0.803. The SMILES string of the molecule is C.C=C1O[C@@H]2C[C@H](C)CC[C@H]2C1(C)C.C=C1O[C@@H]2C[C@H](C)CC[C@H]2[C@@]1(C)OC(C)=O.C=C1O[C@@H]2C[C@H](C)CC[C@H]2[C@]1(C)OC(C)=O.C=C1O[C@H]2C[C@H](C)CC[C@H]2[C@@H]1C.C=C1O[C@H]2C[C@H](C)CC[C@H]2[C@H]1C. The van der Waals surface area contributed by atoms with Crippen molar-refractivity contribution < 1.29 is 42.7 Å². The molecule has 5 aliphatic heterocycles. The molecular formula is C61H100O9. The summed E-state index contributed by atoms with van der Waals surface area (Å²) in [6.07, 6.45) is 20.2. The third-order valence-electron chi connectivity index (χ3n) is 19.0. The smallest absolute Gasteiger partial charge is 0.303 e. The number of rotatable bonds is 2. The van der Waals surface area contributed by atoms with E-state index in [0.717, 1.165) is 78.5 Å². The highest BCUT2D eigenvalue weighted by molar-refractivity contribution is 5.67. The fourth-order valence-corrected chi connectivity index (χ4v) is 14.1. The van der Waals surface area contributed by atoms with Crippen molar-refractivity contribution in [1.29, 1.82) is 0 Å². The van der Waals surface area contributed by atoms with Crippen molar-refractivity contribution in [2.24, 2.45) is 76.4 Å². The van der Waals surface area contributed by atoms with Crippen LogP contribution >= 0.6 is 0 Å². The van der Waals surface area contributed by atoms with Gasteiger partial charge in [0.15, 0.2) is 11.2 Å². The monoisotopic (exact) mass is 977 g/mol. The molecule has 5 saturated heterocycles. The van der Waals surface area contributed by atoms with Gasteiger partial charge < -0.3 is 33.2 Å². The highest BCUT2D eigenvalue weighted by Crippen LogP contribution is 2.53. The Labute approximate surface area is 426 Å². The molecule has 10 aliphatic rings. The Bertz CT molecular complexity index is 1780. The molecule has 5 aliphatic carbocycles. The number of esters is 2. The lowest BCUT2D eigenvalue weighted by atomic mass is 9.69. The van der Waals surface area contributed by atoms with Crippen molar-refractivity contribution in [2.75, 3.05) is 0 Å². The Balaban J connectivity index is 0.000000163. The van der Waals surface area contributed by atoms with Crippen LogP contribution in [0, 0.1) is 76.4 Å². The Kier molecular flexibility index (Phi) is 19.1. The van der Waals surface area contributed by atoms with E-state index in [1.54, 1.807) is 0 Å². The second-order valence-corrected chi connectivity index (χ2v) is 24.9. The van der Waals surface area contributed by atoms with Crippen LogP contribution in [0.5, 0.6) is 0 Å². The molecule has 10 fully saturated rings. The van der Waals surface area contributed by atoms with E-state index < -0.39 is 11.2 Å². The summed E-state index contributed by atoms with van der Waals surface area (Å²) in [5.74, 6) is 11.7. The van der Waals surface area contributed by atoms with Gasteiger partial charge in [-0.2, -0.15) is 0 Å². The maximum absolute atomic E-state index is 11.2. The van der Waals surface area contributed by atoms with Crippen molar-refractivity contribution in [3.05, 3.63) is 61.7 Å². The number of carbonyl (C=O) groups excluding carboxylic acids is 2. The normalized spacial score (nSPS) is 43.4. The van der Waals surface area contributed by atoms with Crippen LogP contribution in [0.25, 0.3) is 0 Å². The molecular weight excluding hydrogens is 877 g/mol. The van der Waals surface area contributed by atoms with E-state index in [4.69, 9.17) is 33.2 Å². The molecule has 5 saturated carbocycles. The Morgan fingerprint density at radius 1 is 0.429 bits per heavy atom. The molecule has 0 aromatic carbocycles. The van der Waals surface area contributed by atoms with E-state index in [2.05, 4.69) is 95.2 Å². The first kappa shape index (κ1) is 57.5. The Hall–Kier alpha value is -3.36. The van der Waals surface area contributed by atoms with E-state index in [-0.39, 0.29) is 48.8 Å². The van der Waals surface area contributed by atoms with Gasteiger partial charge in [-0.1, -0.05) is 135 Å². The topological polar surface area (TPSA) is 98.8 Å². The van der Waals surface area contributed by atoms with Crippen molar-refractivity contribution in [3.8, 4) is 0 Å². The van der Waals surface area contributed by atoms with Gasteiger partial charge in [0.25, 0.3) is 0 Å². The van der Waals surface area contributed by atoms with Gasteiger partial charge in [0, 0.05) is 60.7 Å². The van der Waals surface area contributed by atoms with Crippen molar-refractivity contribution in [2.45, 2.75) is 235 Å². The van der Waals surface area contributed by atoms with Gasteiger partial charge in [-0.25, -0.2) is 0 Å². The summed E-state index contributed by atoms with van der Waals surface area (Å²) in [6, 6.07) is 0. The van der Waals surface area contributed by atoms with Gasteiger partial charge in [0.2, 0.25) is 0 Å². The van der Waals surface area contributed by atoms with E-state index >= 15 is 0 Å². The first-order valence-electron chi connectivity index (χ1n) is 27.4.